The lowest BCUT2D eigenvalue weighted by Gasteiger charge is -2.26. The van der Waals surface area contributed by atoms with E-state index in [-0.39, 0.29) is 18.0 Å². The molecule has 2 N–H and O–H groups in total. The molecular formula is C8H19NO3S. The van der Waals surface area contributed by atoms with Crippen LogP contribution < -0.4 is 5.73 Å². The van der Waals surface area contributed by atoms with E-state index in [1.54, 1.807) is 0 Å². The van der Waals surface area contributed by atoms with Crippen LogP contribution in [0.4, 0.5) is 0 Å². The molecule has 0 saturated carbocycles. The van der Waals surface area contributed by atoms with E-state index in [0.717, 1.165) is 6.42 Å². The predicted molar refractivity (Wildman–Crippen MR) is 53.4 cm³/mol. The van der Waals surface area contributed by atoms with Crippen molar-refractivity contribution in [2.75, 3.05) is 25.2 Å². The third-order valence-electron chi connectivity index (χ3n) is 2.08. The Hall–Kier alpha value is -0.130. The van der Waals surface area contributed by atoms with Crippen LogP contribution in [0.15, 0.2) is 0 Å². The Labute approximate surface area is 80.4 Å². The molecule has 4 nitrogen and oxygen atoms in total. The van der Waals surface area contributed by atoms with Gasteiger partial charge in [-0.25, -0.2) is 8.42 Å². The Morgan fingerprint density at radius 1 is 1.46 bits per heavy atom. The van der Waals surface area contributed by atoms with E-state index < -0.39 is 9.84 Å². The molecule has 0 bridgehead atoms. The van der Waals surface area contributed by atoms with Gasteiger partial charge in [0.2, 0.25) is 0 Å². The van der Waals surface area contributed by atoms with E-state index in [9.17, 15) is 8.42 Å². The molecule has 0 rings (SSSR count). The minimum Gasteiger partial charge on any atom is -0.373 e. The minimum atomic E-state index is -2.93. The zero-order valence-corrected chi connectivity index (χ0v) is 9.36. The molecule has 13 heavy (non-hydrogen) atoms. The van der Waals surface area contributed by atoms with Gasteiger partial charge in [-0.1, -0.05) is 6.92 Å². The molecular weight excluding hydrogens is 190 g/mol. The highest BCUT2D eigenvalue weighted by atomic mass is 32.2. The molecule has 1 unspecified atom stereocenters. The molecule has 0 aliphatic heterocycles. The maximum atomic E-state index is 10.8. The number of hydrogen-bond donors (Lipinski definition) is 1. The highest BCUT2D eigenvalue weighted by Crippen LogP contribution is 2.12. The molecule has 0 saturated heterocycles. The van der Waals surface area contributed by atoms with Gasteiger partial charge in [-0.2, -0.15) is 0 Å². The standard InChI is InChI=1S/C8H19NO3S/c1-4-8(2,7-9)12-5-6-13(3,10)11/h4-7,9H2,1-3H3. The van der Waals surface area contributed by atoms with Crippen LogP contribution >= 0.6 is 0 Å². The van der Waals surface area contributed by atoms with Gasteiger partial charge in [-0.15, -0.1) is 0 Å². The zero-order chi connectivity index (χ0) is 10.5. The monoisotopic (exact) mass is 209 g/mol. The van der Waals surface area contributed by atoms with Crippen molar-refractivity contribution in [2.45, 2.75) is 25.9 Å². The second-order valence-corrected chi connectivity index (χ2v) is 5.75. The third-order valence-corrected chi connectivity index (χ3v) is 2.99. The van der Waals surface area contributed by atoms with Crippen molar-refractivity contribution in [1.82, 2.24) is 0 Å². The molecule has 5 heteroatoms. The summed E-state index contributed by atoms with van der Waals surface area (Å²) in [6.45, 7) is 4.48. The molecule has 0 aliphatic carbocycles. The minimum absolute atomic E-state index is 0.0581. The number of sulfone groups is 1. The fourth-order valence-corrected chi connectivity index (χ4v) is 1.13. The van der Waals surface area contributed by atoms with E-state index in [1.807, 2.05) is 13.8 Å². The molecule has 1 atom stereocenters. The topological polar surface area (TPSA) is 69.4 Å². The van der Waals surface area contributed by atoms with Gasteiger partial charge in [0.25, 0.3) is 0 Å². The van der Waals surface area contributed by atoms with Crippen LogP contribution in [0.1, 0.15) is 20.3 Å². The molecule has 0 radical (unpaired) electrons. The van der Waals surface area contributed by atoms with Crippen LogP contribution in [-0.4, -0.2) is 39.2 Å². The van der Waals surface area contributed by atoms with E-state index in [4.69, 9.17) is 10.5 Å². The fraction of sp³-hybridized carbons (Fsp3) is 1.00. The molecule has 0 aliphatic rings. The first-order chi connectivity index (χ1) is 5.83. The summed E-state index contributed by atoms with van der Waals surface area (Å²) in [6, 6.07) is 0. The predicted octanol–water partition coefficient (Wildman–Crippen LogP) is 0.175. The molecule has 0 spiro atoms. The fourth-order valence-electron chi connectivity index (χ4n) is 0.745. The van der Waals surface area contributed by atoms with Gasteiger partial charge in [0.15, 0.2) is 0 Å². The van der Waals surface area contributed by atoms with Crippen LogP contribution in [-0.2, 0) is 14.6 Å². The molecule has 0 fully saturated rings. The summed E-state index contributed by atoms with van der Waals surface area (Å²) in [4.78, 5) is 0. The summed E-state index contributed by atoms with van der Waals surface area (Å²) in [5.74, 6) is 0.0581. The summed E-state index contributed by atoms with van der Waals surface area (Å²) in [5.41, 5.74) is 5.11. The molecule has 0 aromatic carbocycles. The summed E-state index contributed by atoms with van der Waals surface area (Å²) in [5, 5.41) is 0. The second kappa shape index (κ2) is 4.93. The average Bonchev–Trinajstić information content (AvgIpc) is 2.02. The molecule has 0 amide bonds. The van der Waals surface area contributed by atoms with Gasteiger partial charge in [-0.05, 0) is 13.3 Å². The van der Waals surface area contributed by atoms with Crippen molar-refractivity contribution >= 4 is 9.84 Å². The maximum absolute atomic E-state index is 10.8. The van der Waals surface area contributed by atoms with Gasteiger partial charge >= 0.3 is 0 Å². The largest absolute Gasteiger partial charge is 0.373 e. The molecule has 0 aromatic rings. The van der Waals surface area contributed by atoms with Crippen molar-refractivity contribution in [3.8, 4) is 0 Å². The summed E-state index contributed by atoms with van der Waals surface area (Å²) in [7, 11) is -2.93. The molecule has 0 aromatic heterocycles. The van der Waals surface area contributed by atoms with Crippen molar-refractivity contribution in [3.05, 3.63) is 0 Å². The Bertz CT molecular complexity index is 232. The summed E-state index contributed by atoms with van der Waals surface area (Å²) >= 11 is 0. The van der Waals surface area contributed by atoms with Gasteiger partial charge in [0.05, 0.1) is 18.0 Å². The Kier molecular flexibility index (Phi) is 4.88. The lowest BCUT2D eigenvalue weighted by Crippen LogP contribution is -2.38. The average molecular weight is 209 g/mol. The van der Waals surface area contributed by atoms with Gasteiger partial charge in [-0.3, -0.25) is 0 Å². The molecule has 80 valence electrons. The van der Waals surface area contributed by atoms with E-state index in [1.165, 1.54) is 6.26 Å². The third kappa shape index (κ3) is 6.01. The summed E-state index contributed by atoms with van der Waals surface area (Å²) < 4.78 is 27.0. The first-order valence-corrected chi connectivity index (χ1v) is 6.41. The first-order valence-electron chi connectivity index (χ1n) is 4.35. The van der Waals surface area contributed by atoms with E-state index in [0.29, 0.717) is 6.54 Å². The van der Waals surface area contributed by atoms with Crippen LogP contribution in [0, 0.1) is 0 Å². The van der Waals surface area contributed by atoms with Crippen LogP contribution in [0.5, 0.6) is 0 Å². The van der Waals surface area contributed by atoms with Crippen molar-refractivity contribution in [1.29, 1.82) is 0 Å². The highest BCUT2D eigenvalue weighted by Gasteiger charge is 2.20. The number of ether oxygens (including phenoxy) is 1. The first kappa shape index (κ1) is 12.9. The Balaban J connectivity index is 3.88. The van der Waals surface area contributed by atoms with Crippen molar-refractivity contribution in [2.24, 2.45) is 5.73 Å². The van der Waals surface area contributed by atoms with Crippen LogP contribution in [0.3, 0.4) is 0 Å². The number of nitrogens with two attached hydrogens (primary N) is 1. The SMILES string of the molecule is CCC(C)(CN)OCCS(C)(=O)=O. The Morgan fingerprint density at radius 2 is 2.00 bits per heavy atom. The number of hydrogen-bond acceptors (Lipinski definition) is 4. The van der Waals surface area contributed by atoms with E-state index in [2.05, 4.69) is 0 Å². The van der Waals surface area contributed by atoms with Crippen molar-refractivity contribution in [3.63, 3.8) is 0 Å². The Morgan fingerprint density at radius 3 is 2.31 bits per heavy atom. The molecule has 0 heterocycles. The smallest absolute Gasteiger partial charge is 0.149 e. The quantitative estimate of drug-likeness (QED) is 0.677. The lowest BCUT2D eigenvalue weighted by atomic mass is 10.0. The van der Waals surface area contributed by atoms with Crippen molar-refractivity contribution < 1.29 is 13.2 Å². The number of rotatable bonds is 6. The maximum Gasteiger partial charge on any atom is 0.149 e. The van der Waals surface area contributed by atoms with Gasteiger partial charge < -0.3 is 10.5 Å². The van der Waals surface area contributed by atoms with Crippen LogP contribution in [0.25, 0.3) is 0 Å². The normalized spacial score (nSPS) is 16.9. The van der Waals surface area contributed by atoms with Gasteiger partial charge in [0.1, 0.15) is 9.84 Å². The van der Waals surface area contributed by atoms with Gasteiger partial charge in [0, 0.05) is 12.8 Å². The second-order valence-electron chi connectivity index (χ2n) is 3.49. The van der Waals surface area contributed by atoms with Crippen LogP contribution in [0.2, 0.25) is 0 Å². The summed E-state index contributed by atoms with van der Waals surface area (Å²) in [6.07, 6.45) is 1.98. The lowest BCUT2D eigenvalue weighted by molar-refractivity contribution is -0.0191. The van der Waals surface area contributed by atoms with E-state index >= 15 is 0 Å². The highest BCUT2D eigenvalue weighted by molar-refractivity contribution is 7.90. The zero-order valence-electron chi connectivity index (χ0n) is 8.54.